The third-order valence-corrected chi connectivity index (χ3v) is 5.06. The molecular weight excluding hydrogens is 312 g/mol. The number of aliphatic hydroxyl groups excluding tert-OH is 5. The Morgan fingerprint density at radius 2 is 1.65 bits per heavy atom. The van der Waals surface area contributed by atoms with Gasteiger partial charge in [-0.3, -0.25) is 0 Å². The average Bonchev–Trinajstić information content (AvgIpc) is 3.30. The molecule has 3 fully saturated rings. The van der Waals surface area contributed by atoms with Crippen LogP contribution in [-0.2, 0) is 18.9 Å². The monoisotopic (exact) mass is 332 g/mol. The van der Waals surface area contributed by atoms with Gasteiger partial charge in [0.2, 0.25) is 6.29 Å². The first-order valence-electron chi connectivity index (χ1n) is 7.64. The van der Waals surface area contributed by atoms with Gasteiger partial charge in [0.25, 0.3) is 0 Å². The Kier molecular flexibility index (Phi) is 3.86. The highest BCUT2D eigenvalue weighted by molar-refractivity contribution is 5.16. The van der Waals surface area contributed by atoms with E-state index in [0.717, 1.165) is 0 Å². The van der Waals surface area contributed by atoms with Crippen LogP contribution in [0.2, 0.25) is 0 Å². The minimum Gasteiger partial charge on any atom is -0.472 e. The summed E-state index contributed by atoms with van der Waals surface area (Å²) in [6.45, 7) is -0.539. The highest BCUT2D eigenvalue weighted by Gasteiger charge is 2.64. The molecule has 0 amide bonds. The molecule has 9 heteroatoms. The highest BCUT2D eigenvalue weighted by Crippen LogP contribution is 2.51. The standard InChI is InChI=1S/C14H20O9/c15-3-5-7(16)9(18)10(19)14(21-5)23-13-6-4(1-2-20-13)11-12(22-11)8(6)17/h1-2,4-19H,3H2/t4-,5-,6+,7-,8-,9+,10-,11+,12-,13+,14+/m1/s1. The second-order valence-corrected chi connectivity index (χ2v) is 6.38. The maximum atomic E-state index is 10.2. The lowest BCUT2D eigenvalue weighted by molar-refractivity contribution is -0.344. The van der Waals surface area contributed by atoms with Gasteiger partial charge in [-0.25, -0.2) is 0 Å². The van der Waals surface area contributed by atoms with Crippen LogP contribution in [0, 0.1) is 11.8 Å². The Morgan fingerprint density at radius 1 is 0.870 bits per heavy atom. The van der Waals surface area contributed by atoms with Crippen molar-refractivity contribution in [3.05, 3.63) is 12.3 Å². The van der Waals surface area contributed by atoms with E-state index in [0.29, 0.717) is 0 Å². The maximum Gasteiger partial charge on any atom is 0.207 e. The molecule has 0 aromatic rings. The van der Waals surface area contributed by atoms with Crippen LogP contribution in [0.3, 0.4) is 0 Å². The predicted molar refractivity (Wildman–Crippen MR) is 70.5 cm³/mol. The molecule has 4 rings (SSSR count). The number of rotatable bonds is 3. The number of fused-ring (bicyclic) bond motifs is 3. The van der Waals surface area contributed by atoms with Gasteiger partial charge in [-0.2, -0.15) is 0 Å². The molecular formula is C14H20O9. The first-order chi connectivity index (χ1) is 11.0. The van der Waals surface area contributed by atoms with E-state index in [1.807, 2.05) is 0 Å². The van der Waals surface area contributed by atoms with E-state index < -0.39 is 49.7 Å². The van der Waals surface area contributed by atoms with Crippen LogP contribution in [0.25, 0.3) is 0 Å². The van der Waals surface area contributed by atoms with E-state index in [1.54, 1.807) is 6.08 Å². The molecule has 3 heterocycles. The third-order valence-electron chi connectivity index (χ3n) is 5.06. The van der Waals surface area contributed by atoms with Gasteiger partial charge in [-0.1, -0.05) is 0 Å². The van der Waals surface area contributed by atoms with Crippen LogP contribution < -0.4 is 0 Å². The van der Waals surface area contributed by atoms with Gasteiger partial charge in [0, 0.05) is 5.92 Å². The molecule has 0 aromatic heterocycles. The van der Waals surface area contributed by atoms with Gasteiger partial charge in [-0.15, -0.1) is 0 Å². The molecule has 1 aliphatic carbocycles. The first kappa shape index (κ1) is 15.7. The lowest BCUT2D eigenvalue weighted by Crippen LogP contribution is -2.60. The van der Waals surface area contributed by atoms with Crippen LogP contribution in [-0.4, -0.2) is 87.4 Å². The summed E-state index contributed by atoms with van der Waals surface area (Å²) in [5, 5.41) is 49.0. The summed E-state index contributed by atoms with van der Waals surface area (Å²) >= 11 is 0. The van der Waals surface area contributed by atoms with Crippen LogP contribution in [0.1, 0.15) is 0 Å². The quantitative estimate of drug-likeness (QED) is 0.343. The molecule has 1 saturated carbocycles. The molecule has 3 aliphatic heterocycles. The second-order valence-electron chi connectivity index (χ2n) is 6.38. The highest BCUT2D eigenvalue weighted by atomic mass is 16.8. The van der Waals surface area contributed by atoms with Crippen molar-refractivity contribution in [3.8, 4) is 0 Å². The number of hydrogen-bond acceptors (Lipinski definition) is 9. The van der Waals surface area contributed by atoms with Gasteiger partial charge >= 0.3 is 0 Å². The summed E-state index contributed by atoms with van der Waals surface area (Å²) in [6.07, 6.45) is -5.53. The summed E-state index contributed by atoms with van der Waals surface area (Å²) in [5.41, 5.74) is 0. The zero-order valence-electron chi connectivity index (χ0n) is 12.1. The molecule has 5 N–H and O–H groups in total. The summed E-state index contributed by atoms with van der Waals surface area (Å²) in [7, 11) is 0. The lowest BCUT2D eigenvalue weighted by Gasteiger charge is -2.42. The average molecular weight is 332 g/mol. The van der Waals surface area contributed by atoms with Crippen molar-refractivity contribution < 1.29 is 44.5 Å². The van der Waals surface area contributed by atoms with Crippen LogP contribution in [0.5, 0.6) is 0 Å². The molecule has 0 spiro atoms. The van der Waals surface area contributed by atoms with E-state index in [2.05, 4.69) is 0 Å². The first-order valence-corrected chi connectivity index (χ1v) is 7.64. The Bertz CT molecular complexity index is 483. The SMILES string of the molecule is OC[C@H]1O[C@@H](O[C@@H]2OC=C[C@H]3[C@@H]4O[C@@H]4[C@H](O)[C@@H]23)[C@H](O)[C@@H](O)[C@@H]1O. The van der Waals surface area contributed by atoms with E-state index >= 15 is 0 Å². The Hall–Kier alpha value is -0.780. The van der Waals surface area contributed by atoms with Crippen LogP contribution in [0.15, 0.2) is 12.3 Å². The summed E-state index contributed by atoms with van der Waals surface area (Å²) < 4.78 is 21.7. The molecule has 9 nitrogen and oxygen atoms in total. The van der Waals surface area contributed by atoms with Crippen molar-refractivity contribution in [1.29, 1.82) is 0 Å². The molecule has 0 bridgehead atoms. The molecule has 0 aromatic carbocycles. The number of aliphatic hydroxyl groups is 5. The number of ether oxygens (including phenoxy) is 4. The van der Waals surface area contributed by atoms with Gasteiger partial charge in [0.1, 0.15) is 30.5 Å². The van der Waals surface area contributed by atoms with Crippen molar-refractivity contribution in [2.45, 2.75) is 55.3 Å². The van der Waals surface area contributed by atoms with Crippen LogP contribution >= 0.6 is 0 Å². The Balaban J connectivity index is 1.48. The van der Waals surface area contributed by atoms with Crippen molar-refractivity contribution in [3.63, 3.8) is 0 Å². The van der Waals surface area contributed by atoms with Crippen LogP contribution in [0.4, 0.5) is 0 Å². The second kappa shape index (κ2) is 5.64. The fourth-order valence-corrected chi connectivity index (χ4v) is 3.71. The molecule has 23 heavy (non-hydrogen) atoms. The largest absolute Gasteiger partial charge is 0.472 e. The van der Waals surface area contributed by atoms with E-state index in [-0.39, 0.29) is 24.0 Å². The lowest BCUT2D eigenvalue weighted by atomic mass is 9.91. The minimum absolute atomic E-state index is 0.0568. The zero-order valence-corrected chi connectivity index (χ0v) is 12.1. The third kappa shape index (κ3) is 2.39. The normalized spacial score (nSPS) is 57.5. The molecule has 11 atom stereocenters. The van der Waals surface area contributed by atoms with Gasteiger partial charge in [0.15, 0.2) is 6.29 Å². The topological polar surface area (TPSA) is 141 Å². The molecule has 0 unspecified atom stereocenters. The maximum absolute atomic E-state index is 10.2. The van der Waals surface area contributed by atoms with Crippen molar-refractivity contribution in [1.82, 2.24) is 0 Å². The summed E-state index contributed by atoms with van der Waals surface area (Å²) in [4.78, 5) is 0. The van der Waals surface area contributed by atoms with Gasteiger partial charge in [-0.05, 0) is 6.08 Å². The number of hydrogen-bond donors (Lipinski definition) is 5. The van der Waals surface area contributed by atoms with E-state index in [4.69, 9.17) is 18.9 Å². The Labute approximate surface area is 131 Å². The number of epoxide rings is 1. The Morgan fingerprint density at radius 3 is 2.39 bits per heavy atom. The minimum atomic E-state index is -1.52. The summed E-state index contributed by atoms with van der Waals surface area (Å²) in [5.74, 6) is -0.435. The smallest absolute Gasteiger partial charge is 0.207 e. The fourth-order valence-electron chi connectivity index (χ4n) is 3.71. The van der Waals surface area contributed by atoms with Crippen molar-refractivity contribution in [2.75, 3.05) is 6.61 Å². The van der Waals surface area contributed by atoms with Gasteiger partial charge < -0.3 is 44.5 Å². The molecule has 0 radical (unpaired) electrons. The fraction of sp³-hybridized carbons (Fsp3) is 0.857. The predicted octanol–water partition coefficient (Wildman–Crippen LogP) is -2.95. The van der Waals surface area contributed by atoms with E-state index in [9.17, 15) is 25.5 Å². The molecule has 2 saturated heterocycles. The van der Waals surface area contributed by atoms with Crippen molar-refractivity contribution in [2.24, 2.45) is 11.8 Å². The van der Waals surface area contributed by atoms with Crippen molar-refractivity contribution >= 4 is 0 Å². The zero-order chi connectivity index (χ0) is 16.3. The summed E-state index contributed by atoms with van der Waals surface area (Å²) in [6, 6.07) is 0. The molecule has 4 aliphatic rings. The molecule has 130 valence electrons. The van der Waals surface area contributed by atoms with E-state index in [1.165, 1.54) is 6.26 Å². The van der Waals surface area contributed by atoms with Gasteiger partial charge in [0.05, 0.1) is 31.0 Å².